The summed E-state index contributed by atoms with van der Waals surface area (Å²) in [6.45, 7) is 7.39. The predicted octanol–water partition coefficient (Wildman–Crippen LogP) is 5.10. The fourth-order valence-corrected chi connectivity index (χ4v) is 2.97. The number of hydrogen-bond donors (Lipinski definition) is 0. The Morgan fingerprint density at radius 1 is 0.900 bits per heavy atom. The van der Waals surface area contributed by atoms with Gasteiger partial charge in [-0.05, 0) is 24.1 Å². The van der Waals surface area contributed by atoms with Gasteiger partial charge in [0.2, 0.25) is 0 Å². The van der Waals surface area contributed by atoms with Crippen LogP contribution in [0.15, 0.2) is 54.6 Å². The summed E-state index contributed by atoms with van der Waals surface area (Å²) >= 11 is 0. The largest absolute Gasteiger partial charge is 0.373 e. The Balaban J connectivity index is 0.000000639. The van der Waals surface area contributed by atoms with E-state index in [1.54, 1.807) is 0 Å². The van der Waals surface area contributed by atoms with Gasteiger partial charge in [-0.25, -0.2) is 0 Å². The van der Waals surface area contributed by atoms with Crippen LogP contribution in [0.1, 0.15) is 39.3 Å². The molecule has 108 valence electrons. The maximum absolute atomic E-state index is 2.35. The summed E-state index contributed by atoms with van der Waals surface area (Å²) in [6, 6.07) is 19.5. The lowest BCUT2D eigenvalue weighted by Gasteiger charge is -2.25. The van der Waals surface area contributed by atoms with E-state index in [1.165, 1.54) is 16.8 Å². The van der Waals surface area contributed by atoms with E-state index in [0.29, 0.717) is 0 Å². The zero-order valence-corrected chi connectivity index (χ0v) is 12.4. The third-order valence-electron chi connectivity index (χ3n) is 3.87. The molecule has 0 aliphatic carbocycles. The van der Waals surface area contributed by atoms with Crippen molar-refractivity contribution >= 4 is 5.69 Å². The van der Waals surface area contributed by atoms with E-state index in [2.05, 4.69) is 73.5 Å². The van der Waals surface area contributed by atoms with Crippen LogP contribution >= 0.6 is 0 Å². The van der Waals surface area contributed by atoms with Gasteiger partial charge < -0.3 is 4.90 Å². The standard InChI is InChI=1S/C16H17N.C2H6.CH4/c1-16(13-8-4-3-5-9-13)12-17(2)15-11-7-6-10-14(15)16;1-2;/h3-11H,12H2,1-2H3;1-2H3;1H4. The first-order valence-corrected chi connectivity index (χ1v) is 7.08. The van der Waals surface area contributed by atoms with Gasteiger partial charge in [0.05, 0.1) is 0 Å². The van der Waals surface area contributed by atoms with Crippen molar-refractivity contribution in [3.8, 4) is 0 Å². The molecule has 1 aliphatic heterocycles. The number of rotatable bonds is 1. The molecule has 1 heteroatoms. The summed E-state index contributed by atoms with van der Waals surface area (Å²) in [5, 5.41) is 0. The van der Waals surface area contributed by atoms with Gasteiger partial charge in [-0.15, -0.1) is 0 Å². The summed E-state index contributed by atoms with van der Waals surface area (Å²) < 4.78 is 0. The smallest absolute Gasteiger partial charge is 0.0406 e. The lowest BCUT2D eigenvalue weighted by atomic mass is 9.78. The second-order valence-electron chi connectivity index (χ2n) is 5.07. The third kappa shape index (κ3) is 2.58. The quantitative estimate of drug-likeness (QED) is 0.696. The van der Waals surface area contributed by atoms with Crippen LogP contribution in [0.3, 0.4) is 0 Å². The Hall–Kier alpha value is -1.76. The Morgan fingerprint density at radius 2 is 1.45 bits per heavy atom. The lowest BCUT2D eigenvalue weighted by molar-refractivity contribution is 0.609. The van der Waals surface area contributed by atoms with Gasteiger partial charge in [0, 0.05) is 24.7 Å². The minimum absolute atomic E-state index is 0. The third-order valence-corrected chi connectivity index (χ3v) is 3.87. The molecule has 0 spiro atoms. The van der Waals surface area contributed by atoms with E-state index < -0.39 is 0 Å². The summed E-state index contributed by atoms with van der Waals surface area (Å²) in [4.78, 5) is 2.35. The van der Waals surface area contributed by atoms with Crippen LogP contribution in [0.4, 0.5) is 5.69 Å². The van der Waals surface area contributed by atoms with Gasteiger partial charge in [-0.3, -0.25) is 0 Å². The molecule has 1 heterocycles. The van der Waals surface area contributed by atoms with Crippen molar-refractivity contribution in [2.45, 2.75) is 33.6 Å². The van der Waals surface area contributed by atoms with Crippen LogP contribution in [-0.2, 0) is 5.41 Å². The number of nitrogens with zero attached hydrogens (tertiary/aromatic N) is 1. The van der Waals surface area contributed by atoms with E-state index in [9.17, 15) is 0 Å². The summed E-state index contributed by atoms with van der Waals surface area (Å²) in [7, 11) is 2.17. The predicted molar refractivity (Wildman–Crippen MR) is 90.7 cm³/mol. The Bertz CT molecular complexity index is 532. The Morgan fingerprint density at radius 3 is 2.10 bits per heavy atom. The number of anilines is 1. The maximum Gasteiger partial charge on any atom is 0.0406 e. The van der Waals surface area contributed by atoms with E-state index in [4.69, 9.17) is 0 Å². The van der Waals surface area contributed by atoms with Crippen LogP contribution in [0, 0.1) is 0 Å². The van der Waals surface area contributed by atoms with Gasteiger partial charge in [0.25, 0.3) is 0 Å². The molecule has 2 aromatic carbocycles. The highest BCUT2D eigenvalue weighted by Gasteiger charge is 2.38. The molecule has 0 aromatic heterocycles. The van der Waals surface area contributed by atoms with Crippen LogP contribution in [-0.4, -0.2) is 13.6 Å². The zero-order valence-electron chi connectivity index (χ0n) is 12.4. The molecule has 0 N–H and O–H groups in total. The number of fused-ring (bicyclic) bond motifs is 1. The highest BCUT2D eigenvalue weighted by atomic mass is 15.1. The highest BCUT2D eigenvalue weighted by Crippen LogP contribution is 2.43. The van der Waals surface area contributed by atoms with Crippen LogP contribution in [0.25, 0.3) is 0 Å². The maximum atomic E-state index is 2.35. The topological polar surface area (TPSA) is 3.24 Å². The molecule has 0 bridgehead atoms. The Kier molecular flexibility index (Phi) is 5.38. The molecule has 20 heavy (non-hydrogen) atoms. The van der Waals surface area contributed by atoms with Crippen molar-refractivity contribution in [2.24, 2.45) is 0 Å². The molecule has 1 atom stereocenters. The second-order valence-corrected chi connectivity index (χ2v) is 5.07. The van der Waals surface area contributed by atoms with Crippen molar-refractivity contribution in [1.82, 2.24) is 0 Å². The second kappa shape index (κ2) is 6.60. The SMILES string of the molecule is C.CC.CN1CC(C)(c2ccccc2)c2ccccc21. The van der Waals surface area contributed by atoms with Crippen molar-refractivity contribution in [3.05, 3.63) is 65.7 Å². The fraction of sp³-hybridized carbons (Fsp3) is 0.368. The first kappa shape index (κ1) is 16.3. The molecule has 1 aliphatic rings. The molecule has 0 saturated heterocycles. The lowest BCUT2D eigenvalue weighted by Crippen LogP contribution is -2.29. The van der Waals surface area contributed by atoms with Crippen molar-refractivity contribution < 1.29 is 0 Å². The van der Waals surface area contributed by atoms with Crippen molar-refractivity contribution in [2.75, 3.05) is 18.5 Å². The van der Waals surface area contributed by atoms with Gasteiger partial charge in [-0.2, -0.15) is 0 Å². The zero-order chi connectivity index (χ0) is 13.9. The Labute approximate surface area is 124 Å². The molecular weight excluding hydrogens is 242 g/mol. The van der Waals surface area contributed by atoms with Crippen molar-refractivity contribution in [1.29, 1.82) is 0 Å². The summed E-state index contributed by atoms with van der Waals surface area (Å²) in [5.74, 6) is 0. The van der Waals surface area contributed by atoms with E-state index in [-0.39, 0.29) is 12.8 Å². The van der Waals surface area contributed by atoms with Gasteiger partial charge in [-0.1, -0.05) is 69.8 Å². The number of para-hydroxylation sites is 1. The van der Waals surface area contributed by atoms with Crippen molar-refractivity contribution in [3.63, 3.8) is 0 Å². The van der Waals surface area contributed by atoms with E-state index in [0.717, 1.165) is 6.54 Å². The normalized spacial score (nSPS) is 19.5. The van der Waals surface area contributed by atoms with Crippen LogP contribution in [0.5, 0.6) is 0 Å². The van der Waals surface area contributed by atoms with Crippen LogP contribution < -0.4 is 4.90 Å². The molecule has 0 amide bonds. The summed E-state index contributed by atoms with van der Waals surface area (Å²) in [5.41, 5.74) is 4.32. The average molecular weight is 269 g/mol. The van der Waals surface area contributed by atoms with Gasteiger partial charge in [0.15, 0.2) is 0 Å². The number of benzene rings is 2. The molecule has 2 aromatic rings. The molecule has 0 fully saturated rings. The molecule has 0 saturated carbocycles. The molecular formula is C19H27N. The molecule has 1 nitrogen and oxygen atoms in total. The fourth-order valence-electron chi connectivity index (χ4n) is 2.97. The highest BCUT2D eigenvalue weighted by molar-refractivity contribution is 5.65. The first-order valence-electron chi connectivity index (χ1n) is 7.08. The number of likely N-dealkylation sites (N-methyl/N-ethyl adjacent to an activating group) is 1. The molecule has 1 unspecified atom stereocenters. The summed E-state index contributed by atoms with van der Waals surface area (Å²) in [6.07, 6.45) is 0. The minimum Gasteiger partial charge on any atom is -0.373 e. The number of hydrogen-bond acceptors (Lipinski definition) is 1. The average Bonchev–Trinajstić information content (AvgIpc) is 2.76. The van der Waals surface area contributed by atoms with Gasteiger partial charge >= 0.3 is 0 Å². The molecule has 0 radical (unpaired) electrons. The first-order chi connectivity index (χ1) is 9.22. The molecule has 3 rings (SSSR count). The monoisotopic (exact) mass is 269 g/mol. The van der Waals surface area contributed by atoms with Gasteiger partial charge in [0.1, 0.15) is 0 Å². The minimum atomic E-state index is 0. The van der Waals surface area contributed by atoms with E-state index in [1.807, 2.05) is 13.8 Å². The van der Waals surface area contributed by atoms with Crippen LogP contribution in [0.2, 0.25) is 0 Å². The van der Waals surface area contributed by atoms with E-state index >= 15 is 0 Å².